The summed E-state index contributed by atoms with van der Waals surface area (Å²) in [4.78, 5) is 12.6. The number of hydrogen-bond acceptors (Lipinski definition) is 3. The highest BCUT2D eigenvalue weighted by atomic mass is 79.9. The highest BCUT2D eigenvalue weighted by molar-refractivity contribution is 9.10. The summed E-state index contributed by atoms with van der Waals surface area (Å²) in [6.07, 6.45) is 5.13. The number of ether oxygens (including phenoxy) is 1. The Labute approximate surface area is 134 Å². The van der Waals surface area contributed by atoms with Gasteiger partial charge in [0.25, 0.3) is 0 Å². The van der Waals surface area contributed by atoms with Gasteiger partial charge in [-0.05, 0) is 71.1 Å². The van der Waals surface area contributed by atoms with E-state index in [0.29, 0.717) is 12.3 Å². The molecule has 2 atom stereocenters. The van der Waals surface area contributed by atoms with Crippen LogP contribution in [0.3, 0.4) is 0 Å². The molecule has 114 valence electrons. The number of carbonyl (C=O) groups is 1. The molecule has 0 saturated heterocycles. The highest BCUT2D eigenvalue weighted by Crippen LogP contribution is 2.46. The van der Waals surface area contributed by atoms with E-state index in [2.05, 4.69) is 22.9 Å². The fourth-order valence-electron chi connectivity index (χ4n) is 3.21. The van der Waals surface area contributed by atoms with Crippen LogP contribution >= 0.6 is 15.9 Å². The summed E-state index contributed by atoms with van der Waals surface area (Å²) < 4.78 is 6.44. The number of carbonyl (C=O) groups excluding carboxylic acids is 1. The van der Waals surface area contributed by atoms with Crippen molar-refractivity contribution in [3.63, 3.8) is 0 Å². The molecule has 0 spiro atoms. The van der Waals surface area contributed by atoms with Crippen LogP contribution < -0.4 is 5.73 Å². The zero-order chi connectivity index (χ0) is 15.0. The van der Waals surface area contributed by atoms with Crippen LogP contribution in [-0.2, 0) is 14.9 Å². The smallest absolute Gasteiger partial charge is 0.316 e. The Morgan fingerprint density at radius 2 is 2.19 bits per heavy atom. The van der Waals surface area contributed by atoms with E-state index in [0.717, 1.165) is 47.6 Å². The maximum atomic E-state index is 12.6. The molecule has 1 unspecified atom stereocenters. The first-order valence-corrected chi connectivity index (χ1v) is 8.55. The van der Waals surface area contributed by atoms with Gasteiger partial charge in [0.2, 0.25) is 0 Å². The lowest BCUT2D eigenvalue weighted by Gasteiger charge is -2.39. The average molecular weight is 352 g/mol. The molecule has 1 aromatic rings. The number of nitrogens with two attached hydrogens (primary N) is 1. The van der Waals surface area contributed by atoms with Crippen molar-refractivity contribution >= 4 is 27.6 Å². The maximum absolute atomic E-state index is 12.6. The summed E-state index contributed by atoms with van der Waals surface area (Å²) >= 11 is 3.45. The van der Waals surface area contributed by atoms with Gasteiger partial charge in [-0.25, -0.2) is 0 Å². The van der Waals surface area contributed by atoms with Gasteiger partial charge >= 0.3 is 5.97 Å². The second kappa shape index (κ2) is 5.64. The third-order valence-electron chi connectivity index (χ3n) is 5.15. The molecule has 3 rings (SSSR count). The van der Waals surface area contributed by atoms with Gasteiger partial charge < -0.3 is 10.5 Å². The van der Waals surface area contributed by atoms with E-state index >= 15 is 0 Å². The Bertz CT molecular complexity index is 554. The zero-order valence-electron chi connectivity index (χ0n) is 12.4. The van der Waals surface area contributed by atoms with Crippen molar-refractivity contribution in [3.8, 4) is 0 Å². The largest absolute Gasteiger partial charge is 0.465 e. The van der Waals surface area contributed by atoms with Crippen LogP contribution in [0, 0.1) is 11.8 Å². The van der Waals surface area contributed by atoms with Crippen LogP contribution in [0.25, 0.3) is 0 Å². The first-order chi connectivity index (χ1) is 10.0. The molecule has 0 bridgehead atoms. The Hall–Kier alpha value is -1.03. The minimum atomic E-state index is -0.439. The molecule has 2 N–H and O–H groups in total. The van der Waals surface area contributed by atoms with Crippen molar-refractivity contribution in [1.29, 1.82) is 0 Å². The second-order valence-electron chi connectivity index (χ2n) is 6.57. The van der Waals surface area contributed by atoms with Gasteiger partial charge in [0.05, 0.1) is 12.0 Å². The predicted molar refractivity (Wildman–Crippen MR) is 86.9 cm³/mol. The SMILES string of the molecule is CC1C[C@@H]1CCOC(=O)C1(c2ccc(N)c(Br)c2)CCC1. The van der Waals surface area contributed by atoms with Gasteiger partial charge in [0, 0.05) is 10.2 Å². The molecule has 0 aliphatic heterocycles. The third-order valence-corrected chi connectivity index (χ3v) is 5.84. The number of halogens is 1. The Morgan fingerprint density at radius 3 is 2.71 bits per heavy atom. The molecule has 1 aromatic carbocycles. The number of benzene rings is 1. The van der Waals surface area contributed by atoms with Gasteiger partial charge in [-0.1, -0.05) is 19.4 Å². The summed E-state index contributed by atoms with van der Waals surface area (Å²) in [5.41, 5.74) is 7.12. The Morgan fingerprint density at radius 1 is 1.48 bits per heavy atom. The van der Waals surface area contributed by atoms with E-state index in [-0.39, 0.29) is 5.97 Å². The van der Waals surface area contributed by atoms with Crippen LogP contribution in [0.1, 0.15) is 44.6 Å². The number of hydrogen-bond donors (Lipinski definition) is 1. The molecule has 0 amide bonds. The van der Waals surface area contributed by atoms with Crippen molar-refractivity contribution in [2.24, 2.45) is 11.8 Å². The van der Waals surface area contributed by atoms with Gasteiger partial charge in [-0.2, -0.15) is 0 Å². The molecule has 4 heteroatoms. The fraction of sp³-hybridized carbons (Fsp3) is 0.588. The second-order valence-corrected chi connectivity index (χ2v) is 7.42. The van der Waals surface area contributed by atoms with Crippen molar-refractivity contribution in [2.45, 2.75) is 44.4 Å². The monoisotopic (exact) mass is 351 g/mol. The van der Waals surface area contributed by atoms with E-state index in [1.165, 1.54) is 6.42 Å². The molecule has 21 heavy (non-hydrogen) atoms. The quantitative estimate of drug-likeness (QED) is 0.643. The van der Waals surface area contributed by atoms with Gasteiger partial charge in [0.1, 0.15) is 0 Å². The summed E-state index contributed by atoms with van der Waals surface area (Å²) in [6.45, 7) is 2.82. The van der Waals surface area contributed by atoms with Crippen LogP contribution in [0.2, 0.25) is 0 Å². The lowest BCUT2D eigenvalue weighted by Crippen LogP contribution is -2.43. The van der Waals surface area contributed by atoms with Crippen LogP contribution in [0.15, 0.2) is 22.7 Å². The van der Waals surface area contributed by atoms with Crippen LogP contribution in [0.4, 0.5) is 5.69 Å². The molecule has 2 fully saturated rings. The maximum Gasteiger partial charge on any atom is 0.316 e. The Balaban J connectivity index is 1.67. The molecule has 2 aliphatic carbocycles. The summed E-state index contributed by atoms with van der Waals surface area (Å²) in [6, 6.07) is 5.79. The minimum Gasteiger partial charge on any atom is -0.465 e. The molecule has 0 heterocycles. The third kappa shape index (κ3) is 2.83. The van der Waals surface area contributed by atoms with Crippen molar-refractivity contribution in [1.82, 2.24) is 0 Å². The van der Waals surface area contributed by atoms with E-state index in [9.17, 15) is 4.79 Å². The molecule has 2 aliphatic rings. The number of nitrogen functional groups attached to an aromatic ring is 1. The molecule has 0 aromatic heterocycles. The fourth-order valence-corrected chi connectivity index (χ4v) is 3.59. The van der Waals surface area contributed by atoms with E-state index in [4.69, 9.17) is 10.5 Å². The standard InChI is InChI=1S/C17H22BrNO2/c1-11-9-12(11)5-8-21-16(20)17(6-2-7-17)13-3-4-15(19)14(18)10-13/h3-4,10-12H,2,5-9,19H2,1H3/t11?,12-/m0/s1. The lowest BCUT2D eigenvalue weighted by atomic mass is 9.64. The van der Waals surface area contributed by atoms with E-state index in [1.807, 2.05) is 18.2 Å². The topological polar surface area (TPSA) is 52.3 Å². The van der Waals surface area contributed by atoms with Gasteiger partial charge in [-0.15, -0.1) is 0 Å². The molecule has 0 radical (unpaired) electrons. The minimum absolute atomic E-state index is 0.0567. The zero-order valence-corrected chi connectivity index (χ0v) is 14.0. The molecular weight excluding hydrogens is 330 g/mol. The van der Waals surface area contributed by atoms with E-state index in [1.54, 1.807) is 0 Å². The van der Waals surface area contributed by atoms with E-state index < -0.39 is 5.41 Å². The first kappa shape index (κ1) is 14.9. The first-order valence-electron chi connectivity index (χ1n) is 7.76. The lowest BCUT2D eigenvalue weighted by molar-refractivity contribution is -0.154. The van der Waals surface area contributed by atoms with Crippen molar-refractivity contribution in [2.75, 3.05) is 12.3 Å². The number of rotatable bonds is 5. The van der Waals surface area contributed by atoms with Gasteiger partial charge in [-0.3, -0.25) is 4.79 Å². The van der Waals surface area contributed by atoms with Crippen molar-refractivity contribution < 1.29 is 9.53 Å². The number of esters is 1. The highest BCUT2D eigenvalue weighted by Gasteiger charge is 2.47. The Kier molecular flexibility index (Phi) is 4.00. The summed E-state index contributed by atoms with van der Waals surface area (Å²) in [5, 5.41) is 0. The van der Waals surface area contributed by atoms with Crippen LogP contribution in [-0.4, -0.2) is 12.6 Å². The van der Waals surface area contributed by atoms with Crippen molar-refractivity contribution in [3.05, 3.63) is 28.2 Å². The molecule has 2 saturated carbocycles. The van der Waals surface area contributed by atoms with Gasteiger partial charge in [0.15, 0.2) is 0 Å². The predicted octanol–water partition coefficient (Wildman–Crippen LogP) is 4.04. The molecular formula is C17H22BrNO2. The summed E-state index contributed by atoms with van der Waals surface area (Å²) in [5.74, 6) is 1.52. The van der Waals surface area contributed by atoms with Crippen LogP contribution in [0.5, 0.6) is 0 Å². The average Bonchev–Trinajstić information content (AvgIpc) is 3.08. The summed E-state index contributed by atoms with van der Waals surface area (Å²) in [7, 11) is 0. The molecule has 3 nitrogen and oxygen atoms in total. The number of anilines is 1. The normalized spacial score (nSPS) is 26.0.